The number of nitrogens with two attached hydrogens (primary N) is 1. The van der Waals surface area contributed by atoms with Gasteiger partial charge in [-0.05, 0) is 31.0 Å². The molecule has 0 spiro atoms. The Bertz CT molecular complexity index is 1050. The number of hydrogen-bond acceptors (Lipinski definition) is 5. The molecular weight excluding hydrogens is 350 g/mol. The average molecular weight is 366 g/mol. The van der Waals surface area contributed by atoms with E-state index in [0.717, 1.165) is 23.2 Å². The van der Waals surface area contributed by atoms with E-state index in [1.807, 2.05) is 6.92 Å². The lowest BCUT2D eigenvalue weighted by Gasteiger charge is -2.08. The smallest absolute Gasteiger partial charge is 0.181 e. The third-order valence-corrected chi connectivity index (χ3v) is 5.72. The number of hydrogen-bond donors (Lipinski definition) is 1. The molecule has 0 aliphatic rings. The Labute approximate surface area is 143 Å². The van der Waals surface area contributed by atoms with Crippen molar-refractivity contribution in [3.05, 3.63) is 47.9 Å². The molecule has 3 aromatic rings. The van der Waals surface area contributed by atoms with Crippen LogP contribution in [0.5, 0.6) is 0 Å². The van der Waals surface area contributed by atoms with Crippen LogP contribution in [0.3, 0.4) is 0 Å². The van der Waals surface area contributed by atoms with E-state index in [1.165, 1.54) is 0 Å². The van der Waals surface area contributed by atoms with Gasteiger partial charge in [0.05, 0.1) is 17.6 Å². The van der Waals surface area contributed by atoms with E-state index in [0.29, 0.717) is 23.9 Å². The zero-order valence-corrected chi connectivity index (χ0v) is 14.2. The first-order chi connectivity index (χ1) is 11.8. The van der Waals surface area contributed by atoms with Crippen LogP contribution >= 0.6 is 0 Å². The van der Waals surface area contributed by atoms with Crippen LogP contribution in [0, 0.1) is 18.6 Å². The van der Waals surface area contributed by atoms with Crippen molar-refractivity contribution in [3.63, 3.8) is 0 Å². The van der Waals surface area contributed by atoms with E-state index in [1.54, 1.807) is 17.1 Å². The maximum Gasteiger partial charge on any atom is 0.181 e. The number of rotatable bonds is 5. The molecular formula is C16H16F2N4O2S. The number of fused-ring (bicyclic) bond motifs is 1. The van der Waals surface area contributed by atoms with E-state index in [-0.39, 0.29) is 12.2 Å². The number of aromatic nitrogens is 3. The van der Waals surface area contributed by atoms with Crippen LogP contribution < -0.4 is 5.73 Å². The average Bonchev–Trinajstić information content (AvgIpc) is 2.96. The predicted molar refractivity (Wildman–Crippen MR) is 89.7 cm³/mol. The molecule has 0 saturated carbocycles. The Morgan fingerprint density at radius 1 is 1.24 bits per heavy atom. The molecule has 0 saturated heterocycles. The summed E-state index contributed by atoms with van der Waals surface area (Å²) in [6.07, 6.45) is 3.44. The van der Waals surface area contributed by atoms with Crippen molar-refractivity contribution in [2.45, 2.75) is 24.8 Å². The topological polar surface area (TPSA) is 90.9 Å². The van der Waals surface area contributed by atoms with Crippen LogP contribution in [0.25, 0.3) is 11.0 Å². The van der Waals surface area contributed by atoms with Gasteiger partial charge in [0.1, 0.15) is 22.0 Å². The van der Waals surface area contributed by atoms with Crippen molar-refractivity contribution in [2.24, 2.45) is 0 Å². The zero-order valence-electron chi connectivity index (χ0n) is 13.4. The SMILES string of the molecule is Cc1cnc(N)c2ncn(CCCS(=O)(=O)c3ccc(F)cc3F)c12. The summed E-state index contributed by atoms with van der Waals surface area (Å²) >= 11 is 0. The number of anilines is 1. The van der Waals surface area contributed by atoms with Crippen LogP contribution in [0.2, 0.25) is 0 Å². The monoisotopic (exact) mass is 366 g/mol. The molecule has 2 aromatic heterocycles. The fraction of sp³-hybridized carbons (Fsp3) is 0.250. The second kappa shape index (κ2) is 6.40. The highest BCUT2D eigenvalue weighted by molar-refractivity contribution is 7.91. The van der Waals surface area contributed by atoms with Crippen LogP contribution in [0.4, 0.5) is 14.6 Å². The number of nitrogen functional groups attached to an aromatic ring is 1. The van der Waals surface area contributed by atoms with Crippen molar-refractivity contribution in [1.82, 2.24) is 14.5 Å². The Hall–Kier alpha value is -2.55. The van der Waals surface area contributed by atoms with E-state index < -0.39 is 26.4 Å². The standard InChI is InChI=1S/C16H16F2N4O2S/c1-10-8-20-16(19)14-15(10)22(9-21-14)5-2-6-25(23,24)13-4-3-11(17)7-12(13)18/h3-4,7-9H,2,5-6H2,1H3,(H2,19,20). The van der Waals surface area contributed by atoms with Crippen molar-refractivity contribution < 1.29 is 17.2 Å². The van der Waals surface area contributed by atoms with Gasteiger partial charge < -0.3 is 10.3 Å². The first-order valence-electron chi connectivity index (χ1n) is 7.53. The van der Waals surface area contributed by atoms with Gasteiger partial charge in [0, 0.05) is 18.8 Å². The number of aryl methyl sites for hydroxylation is 2. The molecule has 6 nitrogen and oxygen atoms in total. The summed E-state index contributed by atoms with van der Waals surface area (Å²) in [5.74, 6) is -1.86. The predicted octanol–water partition coefficient (Wildman–Crippen LogP) is 2.46. The fourth-order valence-electron chi connectivity index (χ4n) is 2.70. The highest BCUT2D eigenvalue weighted by Crippen LogP contribution is 2.22. The normalized spacial score (nSPS) is 12.0. The van der Waals surface area contributed by atoms with Gasteiger partial charge >= 0.3 is 0 Å². The summed E-state index contributed by atoms with van der Waals surface area (Å²) < 4.78 is 52.9. The van der Waals surface area contributed by atoms with Crippen LogP contribution in [-0.2, 0) is 16.4 Å². The summed E-state index contributed by atoms with van der Waals surface area (Å²) in [6.45, 7) is 2.22. The van der Waals surface area contributed by atoms with Crippen LogP contribution in [-0.4, -0.2) is 28.7 Å². The Morgan fingerprint density at radius 2 is 2.00 bits per heavy atom. The molecule has 2 heterocycles. The minimum atomic E-state index is -3.84. The van der Waals surface area contributed by atoms with Gasteiger partial charge in [-0.25, -0.2) is 27.2 Å². The lowest BCUT2D eigenvalue weighted by atomic mass is 10.2. The summed E-state index contributed by atoms with van der Waals surface area (Å²) in [5.41, 5.74) is 8.01. The zero-order chi connectivity index (χ0) is 18.2. The molecule has 0 fully saturated rings. The molecule has 25 heavy (non-hydrogen) atoms. The summed E-state index contributed by atoms with van der Waals surface area (Å²) in [7, 11) is -3.84. The van der Waals surface area contributed by atoms with Crippen LogP contribution in [0.15, 0.2) is 35.6 Å². The van der Waals surface area contributed by atoms with E-state index in [4.69, 9.17) is 5.73 Å². The van der Waals surface area contributed by atoms with Crippen molar-refractivity contribution in [2.75, 3.05) is 11.5 Å². The Morgan fingerprint density at radius 3 is 2.72 bits per heavy atom. The summed E-state index contributed by atoms with van der Waals surface area (Å²) in [5, 5.41) is 0. The van der Waals surface area contributed by atoms with Gasteiger partial charge in [-0.2, -0.15) is 0 Å². The van der Waals surface area contributed by atoms with Crippen molar-refractivity contribution in [1.29, 1.82) is 0 Å². The minimum Gasteiger partial charge on any atom is -0.382 e. The quantitative estimate of drug-likeness (QED) is 0.701. The maximum atomic E-state index is 13.7. The minimum absolute atomic E-state index is 0.242. The molecule has 0 atom stereocenters. The molecule has 0 aliphatic carbocycles. The lowest BCUT2D eigenvalue weighted by Crippen LogP contribution is -2.11. The molecule has 0 radical (unpaired) electrons. The van der Waals surface area contributed by atoms with Crippen LogP contribution in [0.1, 0.15) is 12.0 Å². The van der Waals surface area contributed by atoms with Gasteiger partial charge in [0.25, 0.3) is 0 Å². The molecule has 2 N–H and O–H groups in total. The van der Waals surface area contributed by atoms with Crippen molar-refractivity contribution in [3.8, 4) is 0 Å². The lowest BCUT2D eigenvalue weighted by molar-refractivity contribution is 0.546. The third kappa shape index (κ3) is 3.32. The van der Waals surface area contributed by atoms with Gasteiger partial charge in [0.15, 0.2) is 15.7 Å². The Kier molecular flexibility index (Phi) is 4.42. The number of benzene rings is 1. The maximum absolute atomic E-state index is 13.7. The molecule has 0 bridgehead atoms. The fourth-order valence-corrected chi connectivity index (χ4v) is 4.06. The molecule has 0 unspecified atom stereocenters. The van der Waals surface area contributed by atoms with E-state index in [2.05, 4.69) is 9.97 Å². The molecule has 3 rings (SSSR count). The van der Waals surface area contributed by atoms with Crippen molar-refractivity contribution >= 4 is 26.7 Å². The number of halogens is 2. The first kappa shape index (κ1) is 17.3. The van der Waals surface area contributed by atoms with Gasteiger partial charge in [-0.3, -0.25) is 0 Å². The highest BCUT2D eigenvalue weighted by Gasteiger charge is 2.20. The number of imidazole rings is 1. The number of sulfone groups is 1. The Balaban J connectivity index is 1.78. The van der Waals surface area contributed by atoms with E-state index >= 15 is 0 Å². The molecule has 132 valence electrons. The van der Waals surface area contributed by atoms with Gasteiger partial charge in [-0.1, -0.05) is 0 Å². The largest absolute Gasteiger partial charge is 0.382 e. The molecule has 9 heteroatoms. The van der Waals surface area contributed by atoms with E-state index in [9.17, 15) is 17.2 Å². The van der Waals surface area contributed by atoms with Gasteiger partial charge in [-0.15, -0.1) is 0 Å². The number of pyridine rings is 1. The van der Waals surface area contributed by atoms with Gasteiger partial charge in [0.2, 0.25) is 0 Å². The molecule has 0 amide bonds. The summed E-state index contributed by atoms with van der Waals surface area (Å²) in [4.78, 5) is 7.74. The number of nitrogens with zero attached hydrogens (tertiary/aromatic N) is 3. The molecule has 0 aliphatic heterocycles. The second-order valence-electron chi connectivity index (χ2n) is 5.71. The third-order valence-electron chi connectivity index (χ3n) is 3.89. The highest BCUT2D eigenvalue weighted by atomic mass is 32.2. The second-order valence-corrected chi connectivity index (χ2v) is 7.79. The molecule has 1 aromatic carbocycles. The summed E-state index contributed by atoms with van der Waals surface area (Å²) in [6, 6.07) is 2.44. The first-order valence-corrected chi connectivity index (χ1v) is 9.18.